The zero-order chi connectivity index (χ0) is 20.5. The van der Waals surface area contributed by atoms with Crippen LogP contribution < -0.4 is 15.4 Å². The maximum absolute atomic E-state index is 12.4. The van der Waals surface area contributed by atoms with Gasteiger partial charge >= 0.3 is 0 Å². The van der Waals surface area contributed by atoms with Crippen LogP contribution in [-0.2, 0) is 9.53 Å². The monoisotopic (exact) mass is 384 g/mol. The van der Waals surface area contributed by atoms with E-state index in [4.69, 9.17) is 9.47 Å². The predicted molar refractivity (Wildman–Crippen MR) is 110 cm³/mol. The Morgan fingerprint density at radius 3 is 2.39 bits per heavy atom. The van der Waals surface area contributed by atoms with E-state index in [1.165, 1.54) is 5.56 Å². The molecule has 0 aliphatic carbocycles. The minimum absolute atomic E-state index is 0.220. The lowest BCUT2D eigenvalue weighted by atomic mass is 10.0. The summed E-state index contributed by atoms with van der Waals surface area (Å²) in [6.45, 7) is 6.80. The number of methoxy groups -OCH3 is 1. The summed E-state index contributed by atoms with van der Waals surface area (Å²) in [5.41, 5.74) is 2.21. The first-order valence-electron chi connectivity index (χ1n) is 9.35. The van der Waals surface area contributed by atoms with E-state index in [1.807, 2.05) is 24.3 Å². The fourth-order valence-electron chi connectivity index (χ4n) is 2.54. The van der Waals surface area contributed by atoms with Gasteiger partial charge in [-0.2, -0.15) is 0 Å². The van der Waals surface area contributed by atoms with Crippen molar-refractivity contribution in [3.8, 4) is 5.75 Å². The van der Waals surface area contributed by atoms with Gasteiger partial charge in [0.2, 0.25) is 0 Å². The van der Waals surface area contributed by atoms with Crippen molar-refractivity contribution in [2.75, 3.05) is 25.6 Å². The largest absolute Gasteiger partial charge is 0.481 e. The van der Waals surface area contributed by atoms with Crippen molar-refractivity contribution in [3.63, 3.8) is 0 Å². The third kappa shape index (κ3) is 6.39. The van der Waals surface area contributed by atoms with Crippen LogP contribution in [0, 0.1) is 0 Å². The van der Waals surface area contributed by atoms with Gasteiger partial charge in [-0.3, -0.25) is 9.59 Å². The molecule has 1 unspecified atom stereocenters. The zero-order valence-electron chi connectivity index (χ0n) is 16.8. The highest BCUT2D eigenvalue weighted by Crippen LogP contribution is 2.20. The third-order valence-electron chi connectivity index (χ3n) is 4.21. The number of anilines is 1. The van der Waals surface area contributed by atoms with Gasteiger partial charge in [0.1, 0.15) is 5.75 Å². The Bertz CT molecular complexity index is 787. The van der Waals surface area contributed by atoms with E-state index in [9.17, 15) is 9.59 Å². The highest BCUT2D eigenvalue weighted by atomic mass is 16.5. The minimum atomic E-state index is -0.677. The lowest BCUT2D eigenvalue weighted by Gasteiger charge is -2.16. The van der Waals surface area contributed by atoms with E-state index in [1.54, 1.807) is 38.3 Å². The van der Waals surface area contributed by atoms with Crippen LogP contribution in [0.25, 0.3) is 0 Å². The highest BCUT2D eigenvalue weighted by molar-refractivity contribution is 5.98. The molecule has 2 rings (SSSR count). The van der Waals surface area contributed by atoms with Gasteiger partial charge in [0, 0.05) is 24.9 Å². The molecule has 0 aromatic heterocycles. The fraction of sp³-hybridized carbons (Fsp3) is 0.364. The van der Waals surface area contributed by atoms with Gasteiger partial charge in [-0.15, -0.1) is 0 Å². The van der Waals surface area contributed by atoms with Gasteiger partial charge < -0.3 is 20.1 Å². The van der Waals surface area contributed by atoms with Crippen molar-refractivity contribution in [1.82, 2.24) is 5.32 Å². The normalized spacial score (nSPS) is 11.8. The maximum atomic E-state index is 12.4. The lowest BCUT2D eigenvalue weighted by Crippen LogP contribution is -2.30. The van der Waals surface area contributed by atoms with Gasteiger partial charge in [-0.1, -0.05) is 32.0 Å². The van der Waals surface area contributed by atoms with Gasteiger partial charge in [0.15, 0.2) is 6.10 Å². The number of carbonyl (C=O) groups is 2. The Hall–Kier alpha value is -2.86. The van der Waals surface area contributed by atoms with E-state index in [0.29, 0.717) is 36.1 Å². The first kappa shape index (κ1) is 21.4. The van der Waals surface area contributed by atoms with Crippen molar-refractivity contribution in [2.24, 2.45) is 0 Å². The molecular weight excluding hydrogens is 356 g/mol. The molecule has 0 bridgehead atoms. The summed E-state index contributed by atoms with van der Waals surface area (Å²) in [6, 6.07) is 14.5. The van der Waals surface area contributed by atoms with Crippen LogP contribution in [0.15, 0.2) is 48.5 Å². The summed E-state index contributed by atoms with van der Waals surface area (Å²) in [5, 5.41) is 5.53. The number of amides is 2. The molecule has 28 heavy (non-hydrogen) atoms. The molecule has 1 atom stereocenters. The standard InChI is InChI=1S/C22H28N2O4/c1-15(2)17-8-10-20(11-9-17)28-16(3)21(25)24-19-7-5-6-18(14-19)22(26)23-12-13-27-4/h5-11,14-16H,12-13H2,1-4H3,(H,23,26)(H,24,25). The highest BCUT2D eigenvalue weighted by Gasteiger charge is 2.16. The summed E-state index contributed by atoms with van der Waals surface area (Å²) in [6.07, 6.45) is -0.677. The van der Waals surface area contributed by atoms with Crippen molar-refractivity contribution in [3.05, 3.63) is 59.7 Å². The second kappa shape index (κ2) is 10.5. The minimum Gasteiger partial charge on any atom is -0.481 e. The molecule has 2 N–H and O–H groups in total. The predicted octanol–water partition coefficient (Wildman–Crippen LogP) is 3.59. The number of hydrogen-bond acceptors (Lipinski definition) is 4. The molecule has 6 heteroatoms. The van der Waals surface area contributed by atoms with Crippen LogP contribution in [0.1, 0.15) is 42.6 Å². The molecule has 2 amide bonds. The number of benzene rings is 2. The average Bonchev–Trinajstić information content (AvgIpc) is 2.68. The molecule has 150 valence electrons. The van der Waals surface area contributed by atoms with E-state index in [0.717, 1.165) is 0 Å². The number of ether oxygens (including phenoxy) is 2. The smallest absolute Gasteiger partial charge is 0.265 e. The van der Waals surface area contributed by atoms with Crippen LogP contribution >= 0.6 is 0 Å². The molecule has 2 aromatic rings. The molecule has 2 aromatic carbocycles. The molecule has 0 spiro atoms. The van der Waals surface area contributed by atoms with Crippen LogP contribution in [0.4, 0.5) is 5.69 Å². The molecule has 0 fully saturated rings. The fourth-order valence-corrected chi connectivity index (χ4v) is 2.54. The second-order valence-electron chi connectivity index (χ2n) is 6.80. The Morgan fingerprint density at radius 2 is 1.75 bits per heavy atom. The van der Waals surface area contributed by atoms with Crippen LogP contribution in [-0.4, -0.2) is 38.2 Å². The van der Waals surface area contributed by atoms with Crippen molar-refractivity contribution in [2.45, 2.75) is 32.8 Å². The lowest BCUT2D eigenvalue weighted by molar-refractivity contribution is -0.122. The van der Waals surface area contributed by atoms with Gasteiger partial charge in [0.05, 0.1) is 6.61 Å². The van der Waals surface area contributed by atoms with E-state index < -0.39 is 6.10 Å². The van der Waals surface area contributed by atoms with Crippen molar-refractivity contribution < 1.29 is 19.1 Å². The second-order valence-corrected chi connectivity index (χ2v) is 6.80. The summed E-state index contributed by atoms with van der Waals surface area (Å²) in [7, 11) is 1.57. The van der Waals surface area contributed by atoms with E-state index >= 15 is 0 Å². The van der Waals surface area contributed by atoms with E-state index in [-0.39, 0.29) is 11.8 Å². The molecule has 0 saturated heterocycles. The molecular formula is C22H28N2O4. The molecule has 0 aliphatic heterocycles. The first-order valence-corrected chi connectivity index (χ1v) is 9.35. The van der Waals surface area contributed by atoms with E-state index in [2.05, 4.69) is 24.5 Å². The molecule has 6 nitrogen and oxygen atoms in total. The van der Waals surface area contributed by atoms with Crippen molar-refractivity contribution >= 4 is 17.5 Å². The maximum Gasteiger partial charge on any atom is 0.265 e. The summed E-state index contributed by atoms with van der Waals surface area (Å²) >= 11 is 0. The van der Waals surface area contributed by atoms with Gasteiger partial charge in [0.25, 0.3) is 11.8 Å². The van der Waals surface area contributed by atoms with Crippen LogP contribution in [0.3, 0.4) is 0 Å². The van der Waals surface area contributed by atoms with Crippen LogP contribution in [0.2, 0.25) is 0 Å². The molecule has 0 saturated carbocycles. The van der Waals surface area contributed by atoms with Gasteiger partial charge in [-0.25, -0.2) is 0 Å². The quantitative estimate of drug-likeness (QED) is 0.648. The summed E-state index contributed by atoms with van der Waals surface area (Å²) < 4.78 is 10.6. The van der Waals surface area contributed by atoms with Crippen molar-refractivity contribution in [1.29, 1.82) is 0 Å². The third-order valence-corrected chi connectivity index (χ3v) is 4.21. The summed E-state index contributed by atoms with van der Waals surface area (Å²) in [4.78, 5) is 24.5. The van der Waals surface area contributed by atoms with Crippen LogP contribution in [0.5, 0.6) is 5.75 Å². The Kier molecular flexibility index (Phi) is 8.02. The number of rotatable bonds is 9. The Labute approximate surface area is 166 Å². The average molecular weight is 384 g/mol. The molecule has 0 aliphatic rings. The topological polar surface area (TPSA) is 76.7 Å². The number of carbonyl (C=O) groups excluding carboxylic acids is 2. The molecule has 0 heterocycles. The summed E-state index contributed by atoms with van der Waals surface area (Å²) in [5.74, 6) is 0.569. The SMILES string of the molecule is COCCNC(=O)c1cccc(NC(=O)C(C)Oc2ccc(C(C)C)cc2)c1. The van der Waals surface area contributed by atoms with Gasteiger partial charge in [-0.05, 0) is 48.7 Å². The Morgan fingerprint density at radius 1 is 1.04 bits per heavy atom. The number of nitrogens with one attached hydrogen (secondary N) is 2. The zero-order valence-corrected chi connectivity index (χ0v) is 16.8. The number of hydrogen-bond donors (Lipinski definition) is 2. The first-order chi connectivity index (χ1) is 13.4. The Balaban J connectivity index is 1.94. The molecule has 0 radical (unpaired) electrons.